The standard InChI is InChI=1S/C29H39N3O4S/c1-28(2,3)36-27(34)32-11-9-30(10-12-32)21-8-6-7-20(17-21)24-22-18-29(4,5)19-23(33)25(22)37-26(24)31-13-15-35-16-14-31/h6-8,17H,9-16,18-19H2,1-5H3. The molecule has 7 nitrogen and oxygen atoms in total. The number of nitrogens with zero attached hydrogens (tertiary/aromatic N) is 3. The first kappa shape index (κ1) is 26.0. The molecule has 2 aromatic rings. The lowest BCUT2D eigenvalue weighted by atomic mass is 9.75. The molecule has 2 saturated heterocycles. The van der Waals surface area contributed by atoms with Gasteiger partial charge in [0.2, 0.25) is 0 Å². The molecular weight excluding hydrogens is 486 g/mol. The van der Waals surface area contributed by atoms with Crippen molar-refractivity contribution in [3.05, 3.63) is 34.7 Å². The third-order valence-electron chi connectivity index (χ3n) is 7.27. The number of morpholine rings is 1. The lowest BCUT2D eigenvalue weighted by molar-refractivity contribution is 0.0240. The van der Waals surface area contributed by atoms with Crippen molar-refractivity contribution in [2.24, 2.45) is 5.41 Å². The van der Waals surface area contributed by atoms with Gasteiger partial charge in [0.1, 0.15) is 5.60 Å². The summed E-state index contributed by atoms with van der Waals surface area (Å²) in [5, 5.41) is 1.20. The van der Waals surface area contributed by atoms with Gasteiger partial charge in [0.05, 0.1) is 23.1 Å². The summed E-state index contributed by atoms with van der Waals surface area (Å²) in [6.07, 6.45) is 1.27. The molecule has 37 heavy (non-hydrogen) atoms. The second-order valence-corrected chi connectivity index (χ2v) is 13.1. The summed E-state index contributed by atoms with van der Waals surface area (Å²) in [5.74, 6) is 0.270. The second kappa shape index (κ2) is 9.95. The Labute approximate surface area is 224 Å². The zero-order valence-corrected chi connectivity index (χ0v) is 23.6. The first-order chi connectivity index (χ1) is 17.5. The Bertz CT molecular complexity index is 1170. The average molecular weight is 526 g/mol. The van der Waals surface area contributed by atoms with Crippen LogP contribution in [-0.4, -0.2) is 74.9 Å². The molecule has 8 heteroatoms. The summed E-state index contributed by atoms with van der Waals surface area (Å²) in [6.45, 7) is 16.0. The molecule has 0 radical (unpaired) electrons. The van der Waals surface area contributed by atoms with Crippen LogP contribution in [0.2, 0.25) is 0 Å². The summed E-state index contributed by atoms with van der Waals surface area (Å²) < 4.78 is 11.2. The Morgan fingerprint density at radius 1 is 1.00 bits per heavy atom. The van der Waals surface area contributed by atoms with Crippen LogP contribution in [0.15, 0.2) is 24.3 Å². The zero-order chi connectivity index (χ0) is 26.4. The van der Waals surface area contributed by atoms with Crippen LogP contribution in [0.5, 0.6) is 0 Å². The van der Waals surface area contributed by atoms with Gasteiger partial charge in [-0.15, -0.1) is 11.3 Å². The highest BCUT2D eigenvalue weighted by atomic mass is 32.1. The smallest absolute Gasteiger partial charge is 0.410 e. The number of benzene rings is 1. The molecule has 0 unspecified atom stereocenters. The van der Waals surface area contributed by atoms with E-state index in [0.29, 0.717) is 32.7 Å². The zero-order valence-electron chi connectivity index (χ0n) is 22.8. The van der Waals surface area contributed by atoms with E-state index in [1.807, 2.05) is 20.8 Å². The van der Waals surface area contributed by atoms with Crippen LogP contribution in [0.1, 0.15) is 56.3 Å². The van der Waals surface area contributed by atoms with Crippen molar-refractivity contribution in [1.29, 1.82) is 0 Å². The van der Waals surface area contributed by atoms with Crippen LogP contribution in [0.25, 0.3) is 11.1 Å². The van der Waals surface area contributed by atoms with E-state index in [0.717, 1.165) is 48.7 Å². The summed E-state index contributed by atoms with van der Waals surface area (Å²) in [6, 6.07) is 8.71. The van der Waals surface area contributed by atoms with Crippen LogP contribution >= 0.6 is 11.3 Å². The predicted octanol–water partition coefficient (Wildman–Crippen LogP) is 5.46. The minimum atomic E-state index is -0.490. The first-order valence-corrected chi connectivity index (χ1v) is 14.2. The highest BCUT2D eigenvalue weighted by Crippen LogP contribution is 2.50. The van der Waals surface area contributed by atoms with Gasteiger partial charge >= 0.3 is 6.09 Å². The summed E-state index contributed by atoms with van der Waals surface area (Å²) in [7, 11) is 0. The Balaban J connectivity index is 1.43. The number of ether oxygens (including phenoxy) is 2. The third-order valence-corrected chi connectivity index (χ3v) is 8.60. The molecule has 1 amide bonds. The number of ketones is 1. The molecule has 3 aliphatic rings. The lowest BCUT2D eigenvalue weighted by Crippen LogP contribution is -2.50. The van der Waals surface area contributed by atoms with Crippen LogP contribution in [0, 0.1) is 5.41 Å². The fraction of sp³-hybridized carbons (Fsp3) is 0.586. The highest BCUT2D eigenvalue weighted by Gasteiger charge is 2.37. The number of fused-ring (bicyclic) bond motifs is 1. The Morgan fingerprint density at radius 3 is 2.38 bits per heavy atom. The van der Waals surface area contributed by atoms with Crippen molar-refractivity contribution >= 4 is 33.9 Å². The molecule has 0 atom stereocenters. The number of carbonyl (C=O) groups excluding carboxylic acids is 2. The number of hydrogen-bond acceptors (Lipinski definition) is 7. The van der Waals surface area contributed by atoms with Crippen LogP contribution < -0.4 is 9.80 Å². The van der Waals surface area contributed by atoms with Crippen molar-refractivity contribution in [1.82, 2.24) is 4.90 Å². The fourth-order valence-corrected chi connectivity index (χ4v) is 6.85. The third kappa shape index (κ3) is 5.65. The van der Waals surface area contributed by atoms with Gasteiger partial charge in [0, 0.05) is 56.9 Å². The van der Waals surface area contributed by atoms with E-state index < -0.39 is 5.60 Å². The highest BCUT2D eigenvalue weighted by molar-refractivity contribution is 7.19. The van der Waals surface area contributed by atoms with Crippen molar-refractivity contribution in [2.45, 2.75) is 53.1 Å². The molecular formula is C29H39N3O4S. The minimum absolute atomic E-state index is 0.0439. The number of thiophene rings is 1. The topological polar surface area (TPSA) is 62.3 Å². The molecule has 0 saturated carbocycles. The molecule has 0 spiro atoms. The van der Waals surface area contributed by atoms with E-state index in [4.69, 9.17) is 9.47 Å². The van der Waals surface area contributed by atoms with Crippen molar-refractivity contribution in [2.75, 3.05) is 62.3 Å². The van der Waals surface area contributed by atoms with Gasteiger partial charge in [-0.3, -0.25) is 4.79 Å². The average Bonchev–Trinajstić information content (AvgIpc) is 3.22. The van der Waals surface area contributed by atoms with Crippen LogP contribution in [0.4, 0.5) is 15.5 Å². The van der Waals surface area contributed by atoms with E-state index >= 15 is 0 Å². The second-order valence-electron chi connectivity index (χ2n) is 12.1. The molecule has 5 rings (SSSR count). The Kier molecular flexibility index (Phi) is 7.00. The normalized spacial score (nSPS) is 20.1. The first-order valence-electron chi connectivity index (χ1n) is 13.4. The molecule has 200 valence electrons. The van der Waals surface area contributed by atoms with Crippen LogP contribution in [0.3, 0.4) is 0 Å². The van der Waals surface area contributed by atoms with E-state index in [1.54, 1.807) is 16.2 Å². The molecule has 0 N–H and O–H groups in total. The monoisotopic (exact) mass is 525 g/mol. The lowest BCUT2D eigenvalue weighted by Gasteiger charge is -2.37. The predicted molar refractivity (Wildman–Crippen MR) is 149 cm³/mol. The van der Waals surface area contributed by atoms with E-state index in [1.165, 1.54) is 16.1 Å². The van der Waals surface area contributed by atoms with E-state index in [-0.39, 0.29) is 17.3 Å². The fourth-order valence-electron chi connectivity index (χ4n) is 5.52. The molecule has 2 aliphatic heterocycles. The number of Topliss-reactive ketones (excluding diaryl/α,β-unsaturated/α-hetero) is 1. The quantitative estimate of drug-likeness (QED) is 0.530. The van der Waals surface area contributed by atoms with Crippen molar-refractivity contribution in [3.8, 4) is 11.1 Å². The minimum Gasteiger partial charge on any atom is -0.444 e. The number of hydrogen-bond donors (Lipinski definition) is 0. The van der Waals surface area contributed by atoms with Crippen molar-refractivity contribution in [3.63, 3.8) is 0 Å². The number of piperazine rings is 1. The molecule has 1 aromatic carbocycles. The van der Waals surface area contributed by atoms with Gasteiger partial charge in [-0.25, -0.2) is 4.79 Å². The maximum atomic E-state index is 13.2. The number of rotatable bonds is 3. The summed E-state index contributed by atoms with van der Waals surface area (Å²) in [5.41, 5.74) is 4.21. The number of anilines is 2. The number of carbonyl (C=O) groups is 2. The maximum Gasteiger partial charge on any atom is 0.410 e. The van der Waals surface area contributed by atoms with Gasteiger partial charge in [0.15, 0.2) is 5.78 Å². The summed E-state index contributed by atoms with van der Waals surface area (Å²) in [4.78, 5) is 33.2. The Morgan fingerprint density at radius 2 is 1.70 bits per heavy atom. The molecule has 1 aliphatic carbocycles. The van der Waals surface area contributed by atoms with Gasteiger partial charge in [0.25, 0.3) is 0 Å². The van der Waals surface area contributed by atoms with Gasteiger partial charge in [-0.2, -0.15) is 0 Å². The van der Waals surface area contributed by atoms with Gasteiger partial charge in [-0.05, 0) is 55.9 Å². The molecule has 3 heterocycles. The summed E-state index contributed by atoms with van der Waals surface area (Å²) >= 11 is 1.67. The number of amides is 1. The molecule has 1 aromatic heterocycles. The molecule has 2 fully saturated rings. The molecule has 0 bridgehead atoms. The maximum absolute atomic E-state index is 13.2. The largest absolute Gasteiger partial charge is 0.444 e. The van der Waals surface area contributed by atoms with Crippen molar-refractivity contribution < 1.29 is 19.1 Å². The van der Waals surface area contributed by atoms with Gasteiger partial charge in [-0.1, -0.05) is 26.0 Å². The van der Waals surface area contributed by atoms with Gasteiger partial charge < -0.3 is 24.2 Å². The SMILES string of the molecule is CC1(C)CC(=O)c2sc(N3CCOCC3)c(-c3cccc(N4CCN(C(=O)OC(C)(C)C)CC4)c3)c2C1. The van der Waals surface area contributed by atoms with E-state index in [9.17, 15) is 9.59 Å². The van der Waals surface area contributed by atoms with Crippen LogP contribution in [-0.2, 0) is 15.9 Å². The Hall–Kier alpha value is -2.58. The van der Waals surface area contributed by atoms with E-state index in [2.05, 4.69) is 47.9 Å².